The van der Waals surface area contributed by atoms with Crippen LogP contribution in [0, 0.1) is 11.3 Å². The van der Waals surface area contributed by atoms with E-state index >= 15 is 0 Å². The van der Waals surface area contributed by atoms with E-state index < -0.39 is 0 Å². The molecule has 0 saturated carbocycles. The first-order chi connectivity index (χ1) is 8.79. The van der Waals surface area contributed by atoms with Gasteiger partial charge in [0, 0.05) is 16.0 Å². The molecule has 0 amide bonds. The Balaban J connectivity index is 2.40. The van der Waals surface area contributed by atoms with E-state index in [9.17, 15) is 5.26 Å². The first-order valence-corrected chi connectivity index (χ1v) is 5.85. The maximum atomic E-state index is 9.17. The Labute approximate surface area is 109 Å². The fourth-order valence-electron chi connectivity index (χ4n) is 2.04. The van der Waals surface area contributed by atoms with Crippen LogP contribution in [0.25, 0.3) is 22.1 Å². The van der Waals surface area contributed by atoms with E-state index in [0.717, 1.165) is 16.5 Å². The van der Waals surface area contributed by atoms with Crippen molar-refractivity contribution in [3.8, 4) is 17.2 Å². The summed E-state index contributed by atoms with van der Waals surface area (Å²) in [4.78, 5) is 0. The molecule has 0 aliphatic heterocycles. The minimum Gasteiger partial charge on any atom is -0.445 e. The number of nitriles is 1. The number of nitrogens with zero attached hydrogens (tertiary/aromatic N) is 1. The lowest BCUT2D eigenvalue weighted by Crippen LogP contribution is -1.78. The number of hydrogen-bond acceptors (Lipinski definition) is 2. The summed E-state index contributed by atoms with van der Waals surface area (Å²) < 4.78 is 5.54. The van der Waals surface area contributed by atoms with Crippen LogP contribution in [0.1, 0.15) is 5.76 Å². The summed E-state index contributed by atoms with van der Waals surface area (Å²) in [6, 6.07) is 17.1. The topological polar surface area (TPSA) is 36.9 Å². The van der Waals surface area contributed by atoms with Crippen molar-refractivity contribution in [3.63, 3.8) is 0 Å². The van der Waals surface area contributed by atoms with E-state index in [1.165, 1.54) is 0 Å². The molecule has 0 saturated heterocycles. The second-order valence-electron chi connectivity index (χ2n) is 3.92. The van der Waals surface area contributed by atoms with Gasteiger partial charge in [-0.3, -0.25) is 0 Å². The van der Waals surface area contributed by atoms with E-state index in [1.54, 1.807) is 12.1 Å². The summed E-state index contributed by atoms with van der Waals surface area (Å²) in [5.41, 5.74) is 2.43. The molecule has 3 heteroatoms. The molecule has 0 radical (unpaired) electrons. The first-order valence-electron chi connectivity index (χ1n) is 5.47. The molecular weight excluding hydrogens is 246 g/mol. The van der Waals surface area contributed by atoms with Crippen LogP contribution >= 0.6 is 11.6 Å². The summed E-state index contributed by atoms with van der Waals surface area (Å²) >= 11 is 6.01. The van der Waals surface area contributed by atoms with Crippen LogP contribution in [-0.2, 0) is 0 Å². The molecule has 3 aromatic rings. The number of benzene rings is 2. The minimum absolute atomic E-state index is 0.318. The van der Waals surface area contributed by atoms with Crippen molar-refractivity contribution in [1.29, 1.82) is 5.26 Å². The largest absolute Gasteiger partial charge is 0.445 e. The van der Waals surface area contributed by atoms with Gasteiger partial charge in [0.2, 0.25) is 5.76 Å². The molecule has 86 valence electrons. The molecule has 0 aliphatic carbocycles. The van der Waals surface area contributed by atoms with Crippen LogP contribution in [0.3, 0.4) is 0 Å². The lowest BCUT2D eigenvalue weighted by atomic mass is 10.0. The average Bonchev–Trinajstić information content (AvgIpc) is 2.77. The molecule has 0 fully saturated rings. The van der Waals surface area contributed by atoms with E-state index in [2.05, 4.69) is 6.07 Å². The maximum Gasteiger partial charge on any atom is 0.212 e. The van der Waals surface area contributed by atoms with Crippen molar-refractivity contribution in [3.05, 3.63) is 59.3 Å². The Morgan fingerprint density at radius 2 is 1.83 bits per heavy atom. The molecule has 1 aromatic heterocycles. The van der Waals surface area contributed by atoms with Crippen LogP contribution in [-0.4, -0.2) is 0 Å². The summed E-state index contributed by atoms with van der Waals surface area (Å²) in [6.45, 7) is 0. The van der Waals surface area contributed by atoms with Crippen molar-refractivity contribution in [2.24, 2.45) is 0 Å². The Bertz CT molecular complexity index is 753. The Morgan fingerprint density at radius 1 is 1.06 bits per heavy atom. The SMILES string of the molecule is N#Cc1oc2ccc(Cl)cc2c1-c1ccccc1. The highest BCUT2D eigenvalue weighted by Crippen LogP contribution is 2.35. The number of rotatable bonds is 1. The van der Waals surface area contributed by atoms with E-state index in [1.807, 2.05) is 36.4 Å². The third kappa shape index (κ3) is 1.66. The maximum absolute atomic E-state index is 9.17. The fraction of sp³-hybridized carbons (Fsp3) is 0. The normalized spacial score (nSPS) is 10.4. The van der Waals surface area contributed by atoms with Crippen LogP contribution < -0.4 is 0 Å². The quantitative estimate of drug-likeness (QED) is 0.634. The Morgan fingerprint density at radius 3 is 2.56 bits per heavy atom. The van der Waals surface area contributed by atoms with E-state index in [4.69, 9.17) is 16.0 Å². The van der Waals surface area contributed by atoms with Gasteiger partial charge in [0.05, 0.1) is 0 Å². The molecule has 18 heavy (non-hydrogen) atoms. The molecule has 1 heterocycles. The van der Waals surface area contributed by atoms with Gasteiger partial charge in [-0.25, -0.2) is 0 Å². The van der Waals surface area contributed by atoms with Crippen LogP contribution in [0.5, 0.6) is 0 Å². The predicted octanol–water partition coefficient (Wildman–Crippen LogP) is 4.62. The molecule has 0 N–H and O–H groups in total. The zero-order valence-corrected chi connectivity index (χ0v) is 10.1. The van der Waals surface area contributed by atoms with Crippen molar-refractivity contribution >= 4 is 22.6 Å². The van der Waals surface area contributed by atoms with Gasteiger partial charge in [-0.2, -0.15) is 5.26 Å². The monoisotopic (exact) mass is 253 g/mol. The number of hydrogen-bond donors (Lipinski definition) is 0. The standard InChI is InChI=1S/C15H8ClNO/c16-11-6-7-13-12(8-11)15(14(9-17)18-13)10-4-2-1-3-5-10/h1-8H. The fourth-order valence-corrected chi connectivity index (χ4v) is 2.21. The van der Waals surface area contributed by atoms with Gasteiger partial charge in [0.25, 0.3) is 0 Å². The molecular formula is C15H8ClNO. The van der Waals surface area contributed by atoms with Crippen LogP contribution in [0.15, 0.2) is 52.9 Å². The third-order valence-electron chi connectivity index (χ3n) is 2.81. The molecule has 0 spiro atoms. The van der Waals surface area contributed by atoms with Crippen molar-refractivity contribution < 1.29 is 4.42 Å². The second-order valence-corrected chi connectivity index (χ2v) is 4.36. The zero-order valence-electron chi connectivity index (χ0n) is 9.35. The summed E-state index contributed by atoms with van der Waals surface area (Å²) in [5.74, 6) is 0.318. The van der Waals surface area contributed by atoms with Gasteiger partial charge in [0.15, 0.2) is 0 Å². The van der Waals surface area contributed by atoms with Gasteiger partial charge >= 0.3 is 0 Å². The van der Waals surface area contributed by atoms with E-state index in [0.29, 0.717) is 16.4 Å². The van der Waals surface area contributed by atoms with E-state index in [-0.39, 0.29) is 0 Å². The molecule has 0 aliphatic rings. The smallest absolute Gasteiger partial charge is 0.212 e. The second kappa shape index (κ2) is 4.21. The number of fused-ring (bicyclic) bond motifs is 1. The van der Waals surface area contributed by atoms with Gasteiger partial charge in [-0.1, -0.05) is 41.9 Å². The number of furan rings is 1. The molecule has 3 rings (SSSR count). The highest BCUT2D eigenvalue weighted by molar-refractivity contribution is 6.31. The molecule has 0 bridgehead atoms. The molecule has 0 atom stereocenters. The minimum atomic E-state index is 0.318. The molecule has 0 unspecified atom stereocenters. The summed E-state index contributed by atoms with van der Waals surface area (Å²) in [6.07, 6.45) is 0. The lowest BCUT2D eigenvalue weighted by Gasteiger charge is -1.98. The van der Waals surface area contributed by atoms with Crippen LogP contribution in [0.2, 0.25) is 5.02 Å². The summed E-state index contributed by atoms with van der Waals surface area (Å²) in [5, 5.41) is 10.7. The van der Waals surface area contributed by atoms with Crippen LogP contribution in [0.4, 0.5) is 0 Å². The average molecular weight is 254 g/mol. The van der Waals surface area contributed by atoms with Crippen molar-refractivity contribution in [1.82, 2.24) is 0 Å². The third-order valence-corrected chi connectivity index (χ3v) is 3.05. The highest BCUT2D eigenvalue weighted by Gasteiger charge is 2.15. The van der Waals surface area contributed by atoms with Gasteiger partial charge in [-0.15, -0.1) is 0 Å². The van der Waals surface area contributed by atoms with Crippen molar-refractivity contribution in [2.75, 3.05) is 0 Å². The Hall–Kier alpha value is -2.24. The Kier molecular flexibility index (Phi) is 2.55. The zero-order chi connectivity index (χ0) is 12.5. The molecule has 2 nitrogen and oxygen atoms in total. The van der Waals surface area contributed by atoms with Crippen molar-refractivity contribution in [2.45, 2.75) is 0 Å². The first kappa shape index (κ1) is 10.9. The van der Waals surface area contributed by atoms with Gasteiger partial charge in [-0.05, 0) is 23.8 Å². The van der Waals surface area contributed by atoms with Gasteiger partial charge in [0.1, 0.15) is 11.7 Å². The lowest BCUT2D eigenvalue weighted by molar-refractivity contribution is 0.600. The summed E-state index contributed by atoms with van der Waals surface area (Å²) in [7, 11) is 0. The predicted molar refractivity (Wildman–Crippen MR) is 71.4 cm³/mol. The highest BCUT2D eigenvalue weighted by atomic mass is 35.5. The van der Waals surface area contributed by atoms with Gasteiger partial charge < -0.3 is 4.42 Å². The number of halogens is 1. The molecule has 2 aromatic carbocycles.